The van der Waals surface area contributed by atoms with Gasteiger partial charge in [-0.1, -0.05) is 20.8 Å². The van der Waals surface area contributed by atoms with Gasteiger partial charge >= 0.3 is 11.9 Å². The lowest BCUT2D eigenvalue weighted by Crippen LogP contribution is -2.41. The molecule has 0 aromatic rings. The fraction of sp³-hybridized carbons (Fsp3) is 0.786. The number of hydrogen-bond donors (Lipinski definition) is 0. The monoisotopic (exact) mass is 288 g/mol. The van der Waals surface area contributed by atoms with E-state index in [0.717, 1.165) is 0 Å². The van der Waals surface area contributed by atoms with Crippen molar-refractivity contribution < 1.29 is 28.6 Å². The Morgan fingerprint density at radius 2 is 1.85 bits per heavy atom. The van der Waals surface area contributed by atoms with Crippen LogP contribution in [-0.2, 0) is 28.6 Å². The molecular weight excluding hydrogens is 264 g/mol. The van der Waals surface area contributed by atoms with E-state index in [-0.39, 0.29) is 25.6 Å². The van der Waals surface area contributed by atoms with Crippen molar-refractivity contribution in [1.82, 2.24) is 0 Å². The summed E-state index contributed by atoms with van der Waals surface area (Å²) < 4.78 is 14.8. The van der Waals surface area contributed by atoms with Crippen molar-refractivity contribution in [3.8, 4) is 0 Å². The van der Waals surface area contributed by atoms with E-state index < -0.39 is 23.5 Å². The second-order valence-electron chi connectivity index (χ2n) is 5.14. The highest BCUT2D eigenvalue weighted by atomic mass is 16.6. The van der Waals surface area contributed by atoms with Crippen molar-refractivity contribution in [3.63, 3.8) is 0 Å². The van der Waals surface area contributed by atoms with Crippen LogP contribution < -0.4 is 0 Å². The molecule has 116 valence electrons. The minimum atomic E-state index is -0.972. The molecule has 0 aliphatic rings. The zero-order valence-electron chi connectivity index (χ0n) is 12.8. The molecule has 0 aliphatic carbocycles. The first-order valence-electron chi connectivity index (χ1n) is 6.75. The Morgan fingerprint density at radius 3 is 2.25 bits per heavy atom. The van der Waals surface area contributed by atoms with Crippen LogP contribution in [-0.4, -0.2) is 37.7 Å². The molecular formula is C14H24O6. The molecule has 0 radical (unpaired) electrons. The molecule has 0 heterocycles. The van der Waals surface area contributed by atoms with Crippen molar-refractivity contribution in [1.29, 1.82) is 0 Å². The predicted octanol–water partition coefficient (Wildman–Crippen LogP) is 1.71. The highest BCUT2D eigenvalue weighted by molar-refractivity contribution is 5.82. The molecule has 0 saturated carbocycles. The normalized spacial score (nSPS) is 15.1. The van der Waals surface area contributed by atoms with Crippen LogP contribution in [0.2, 0.25) is 0 Å². The molecule has 0 saturated heterocycles. The molecule has 0 aliphatic heterocycles. The molecule has 0 bridgehead atoms. The largest absolute Gasteiger partial charge is 0.467 e. The number of rotatable bonds is 9. The summed E-state index contributed by atoms with van der Waals surface area (Å²) in [7, 11) is 0. The summed E-state index contributed by atoms with van der Waals surface area (Å²) in [4.78, 5) is 34.2. The number of esters is 2. The van der Waals surface area contributed by atoms with Crippen LogP contribution in [0.5, 0.6) is 0 Å². The number of carbonyl (C=O) groups excluding carboxylic acids is 3. The molecule has 20 heavy (non-hydrogen) atoms. The molecule has 0 amide bonds. The van der Waals surface area contributed by atoms with Gasteiger partial charge in [-0.25, -0.2) is 4.79 Å². The van der Waals surface area contributed by atoms with E-state index in [1.807, 2.05) is 0 Å². The summed E-state index contributed by atoms with van der Waals surface area (Å²) in [6.07, 6.45) is -0.530. The highest BCUT2D eigenvalue weighted by Gasteiger charge is 2.38. The van der Waals surface area contributed by atoms with E-state index in [1.54, 1.807) is 34.6 Å². The van der Waals surface area contributed by atoms with Crippen LogP contribution in [0.4, 0.5) is 0 Å². The van der Waals surface area contributed by atoms with E-state index in [0.29, 0.717) is 6.42 Å². The van der Waals surface area contributed by atoms with Crippen LogP contribution in [0.3, 0.4) is 0 Å². The summed E-state index contributed by atoms with van der Waals surface area (Å²) in [6.45, 7) is 9.04. The Morgan fingerprint density at radius 1 is 1.25 bits per heavy atom. The van der Waals surface area contributed by atoms with Gasteiger partial charge in [0.05, 0.1) is 12.0 Å². The maximum Gasteiger partial charge on any atom is 0.347 e. The summed E-state index contributed by atoms with van der Waals surface area (Å²) >= 11 is 0. The molecule has 0 aromatic carbocycles. The van der Waals surface area contributed by atoms with Crippen molar-refractivity contribution in [3.05, 3.63) is 0 Å². The predicted molar refractivity (Wildman–Crippen MR) is 71.8 cm³/mol. The first-order valence-corrected chi connectivity index (χ1v) is 6.75. The quantitative estimate of drug-likeness (QED) is 0.365. The summed E-state index contributed by atoms with van der Waals surface area (Å²) in [5.74, 6) is -1.34. The van der Waals surface area contributed by atoms with Gasteiger partial charge in [0.15, 0.2) is 0 Å². The first kappa shape index (κ1) is 18.4. The van der Waals surface area contributed by atoms with Gasteiger partial charge in [-0.05, 0) is 20.3 Å². The fourth-order valence-corrected chi connectivity index (χ4v) is 1.46. The van der Waals surface area contributed by atoms with Gasteiger partial charge in [-0.2, -0.15) is 0 Å². The number of carbonyl (C=O) groups is 3. The van der Waals surface area contributed by atoms with Gasteiger partial charge < -0.3 is 14.2 Å². The SMILES string of the molecule is CCOC(=O)C(OC(=O)C(C)(CC)COC=O)C(C)C. The van der Waals surface area contributed by atoms with Gasteiger partial charge in [-0.15, -0.1) is 0 Å². The van der Waals surface area contributed by atoms with Crippen molar-refractivity contribution in [2.75, 3.05) is 13.2 Å². The minimum Gasteiger partial charge on any atom is -0.467 e. The number of ether oxygens (including phenoxy) is 3. The zero-order chi connectivity index (χ0) is 15.8. The molecule has 2 atom stereocenters. The summed E-state index contributed by atoms with van der Waals surface area (Å²) in [5.41, 5.74) is -0.972. The molecule has 0 N–H and O–H groups in total. The molecule has 0 aromatic heterocycles. The molecule has 0 spiro atoms. The second kappa shape index (κ2) is 8.55. The molecule has 2 unspecified atom stereocenters. The lowest BCUT2D eigenvalue weighted by Gasteiger charge is -2.28. The van der Waals surface area contributed by atoms with Crippen LogP contribution >= 0.6 is 0 Å². The molecule has 0 rings (SSSR count). The van der Waals surface area contributed by atoms with Gasteiger partial charge in [0.25, 0.3) is 6.47 Å². The zero-order valence-corrected chi connectivity index (χ0v) is 12.8. The Bertz CT molecular complexity index is 339. The molecule has 6 nitrogen and oxygen atoms in total. The lowest BCUT2D eigenvalue weighted by atomic mass is 9.88. The summed E-state index contributed by atoms with van der Waals surface area (Å²) in [6, 6.07) is 0. The van der Waals surface area contributed by atoms with Crippen LogP contribution in [0.25, 0.3) is 0 Å². The third-order valence-electron chi connectivity index (χ3n) is 3.10. The standard InChI is InChI=1S/C14H24O6/c1-6-14(5,8-18-9-15)13(17)20-11(10(3)4)12(16)19-7-2/h9-11H,6-8H2,1-5H3. The average molecular weight is 288 g/mol. The van der Waals surface area contributed by atoms with Crippen LogP contribution in [0.1, 0.15) is 41.0 Å². The van der Waals surface area contributed by atoms with Gasteiger partial charge in [-0.3, -0.25) is 9.59 Å². The molecule has 0 fully saturated rings. The van der Waals surface area contributed by atoms with E-state index in [9.17, 15) is 14.4 Å². The second-order valence-corrected chi connectivity index (χ2v) is 5.14. The number of hydrogen-bond acceptors (Lipinski definition) is 6. The maximum atomic E-state index is 12.2. The van der Waals surface area contributed by atoms with E-state index >= 15 is 0 Å². The van der Waals surface area contributed by atoms with Crippen molar-refractivity contribution >= 4 is 18.4 Å². The van der Waals surface area contributed by atoms with Gasteiger partial charge in [0, 0.05) is 5.92 Å². The average Bonchev–Trinajstić information content (AvgIpc) is 2.41. The maximum absolute atomic E-state index is 12.2. The van der Waals surface area contributed by atoms with Crippen molar-refractivity contribution in [2.45, 2.75) is 47.1 Å². The summed E-state index contributed by atoms with van der Waals surface area (Å²) in [5, 5.41) is 0. The third-order valence-corrected chi connectivity index (χ3v) is 3.10. The van der Waals surface area contributed by atoms with Crippen molar-refractivity contribution in [2.24, 2.45) is 11.3 Å². The van der Waals surface area contributed by atoms with Crippen LogP contribution in [0.15, 0.2) is 0 Å². The minimum absolute atomic E-state index is 0.0839. The van der Waals surface area contributed by atoms with E-state index in [2.05, 4.69) is 4.74 Å². The van der Waals surface area contributed by atoms with E-state index in [1.165, 1.54) is 0 Å². The van der Waals surface area contributed by atoms with Crippen LogP contribution in [0, 0.1) is 11.3 Å². The molecule has 6 heteroatoms. The lowest BCUT2D eigenvalue weighted by molar-refractivity contribution is -0.179. The first-order chi connectivity index (χ1) is 9.32. The van der Waals surface area contributed by atoms with E-state index in [4.69, 9.17) is 9.47 Å². The third kappa shape index (κ3) is 5.19. The van der Waals surface area contributed by atoms with Gasteiger partial charge in [0.2, 0.25) is 6.10 Å². The smallest absolute Gasteiger partial charge is 0.347 e. The Labute approximate surface area is 119 Å². The Hall–Kier alpha value is -1.59. The highest BCUT2D eigenvalue weighted by Crippen LogP contribution is 2.25. The topological polar surface area (TPSA) is 78.9 Å². The van der Waals surface area contributed by atoms with Gasteiger partial charge in [0.1, 0.15) is 6.61 Å². The Balaban J connectivity index is 4.88. The Kier molecular flexibility index (Phi) is 7.87. The fourth-order valence-electron chi connectivity index (χ4n) is 1.46.